The number of likely N-dealkylation sites (tertiary alicyclic amines) is 1. The summed E-state index contributed by atoms with van der Waals surface area (Å²) in [5.74, 6) is 2.79. The second-order valence-electron chi connectivity index (χ2n) is 5.19. The van der Waals surface area contributed by atoms with Crippen LogP contribution in [0.3, 0.4) is 0 Å². The zero-order valence-electron chi connectivity index (χ0n) is 8.90. The Balaban J connectivity index is 2.12. The third-order valence-corrected chi connectivity index (χ3v) is 4.20. The molecule has 2 nitrogen and oxygen atoms in total. The number of aliphatic hydroxyl groups excluding tert-OH is 1. The molecule has 2 aliphatic rings. The molecular formula is C11H21NO. The fourth-order valence-electron chi connectivity index (χ4n) is 3.36. The van der Waals surface area contributed by atoms with E-state index in [1.54, 1.807) is 0 Å². The Bertz CT molecular complexity index is 195. The highest BCUT2D eigenvalue weighted by Crippen LogP contribution is 2.44. The van der Waals surface area contributed by atoms with Gasteiger partial charge in [-0.15, -0.1) is 0 Å². The molecule has 0 amide bonds. The highest BCUT2D eigenvalue weighted by Gasteiger charge is 2.44. The van der Waals surface area contributed by atoms with Gasteiger partial charge in [0.25, 0.3) is 0 Å². The Kier molecular flexibility index (Phi) is 2.37. The summed E-state index contributed by atoms with van der Waals surface area (Å²) in [6, 6.07) is 0. The lowest BCUT2D eigenvalue weighted by molar-refractivity contribution is 0.0850. The van der Waals surface area contributed by atoms with E-state index in [0.29, 0.717) is 5.92 Å². The van der Waals surface area contributed by atoms with Crippen LogP contribution in [-0.4, -0.2) is 36.2 Å². The Morgan fingerprint density at radius 2 is 1.85 bits per heavy atom. The fourth-order valence-corrected chi connectivity index (χ4v) is 3.36. The Morgan fingerprint density at radius 1 is 1.15 bits per heavy atom. The molecule has 0 bridgehead atoms. The zero-order valence-corrected chi connectivity index (χ0v) is 8.90. The maximum atomic E-state index is 9.81. The highest BCUT2D eigenvalue weighted by molar-refractivity contribution is 4.95. The molecule has 0 aromatic carbocycles. The predicted octanol–water partition coefficient (Wildman–Crippen LogP) is 1.20. The quantitative estimate of drug-likeness (QED) is 0.610. The van der Waals surface area contributed by atoms with Crippen molar-refractivity contribution < 1.29 is 5.11 Å². The lowest BCUT2D eigenvalue weighted by atomic mass is 9.79. The molecular weight excluding hydrogens is 162 g/mol. The average Bonchev–Trinajstić information content (AvgIpc) is 2.32. The van der Waals surface area contributed by atoms with Gasteiger partial charge in [-0.05, 0) is 37.1 Å². The standard InChI is InChI=1S/C11H21NO/c1-7-5-12(3)6-10-8(2)11(13)4-9(7)10/h7-11,13H,4-6H2,1-3H3/t7-,8+,9+,10-,11+/m0/s1. The smallest absolute Gasteiger partial charge is 0.0571 e. The first-order valence-corrected chi connectivity index (χ1v) is 5.46. The molecule has 0 radical (unpaired) electrons. The number of hydrogen-bond donors (Lipinski definition) is 1. The van der Waals surface area contributed by atoms with Crippen molar-refractivity contribution in [3.63, 3.8) is 0 Å². The third-order valence-electron chi connectivity index (χ3n) is 4.20. The largest absolute Gasteiger partial charge is 0.393 e. The maximum absolute atomic E-state index is 9.81. The first-order chi connectivity index (χ1) is 6.09. The Labute approximate surface area is 80.9 Å². The Hall–Kier alpha value is -0.0800. The summed E-state index contributed by atoms with van der Waals surface area (Å²) in [6.45, 7) is 6.94. The predicted molar refractivity (Wildman–Crippen MR) is 53.4 cm³/mol. The van der Waals surface area contributed by atoms with Gasteiger partial charge in [0.1, 0.15) is 0 Å². The molecule has 1 aliphatic carbocycles. The Morgan fingerprint density at radius 3 is 2.54 bits per heavy atom. The minimum absolute atomic E-state index is 0.0380. The van der Waals surface area contributed by atoms with Gasteiger partial charge < -0.3 is 10.0 Å². The number of fused-ring (bicyclic) bond motifs is 1. The van der Waals surface area contributed by atoms with Crippen molar-refractivity contribution in [2.75, 3.05) is 20.1 Å². The van der Waals surface area contributed by atoms with E-state index >= 15 is 0 Å². The summed E-state index contributed by atoms with van der Waals surface area (Å²) in [6.07, 6.45) is 1.00. The van der Waals surface area contributed by atoms with Crippen LogP contribution in [0.25, 0.3) is 0 Å². The zero-order chi connectivity index (χ0) is 9.59. The topological polar surface area (TPSA) is 23.5 Å². The van der Waals surface area contributed by atoms with Crippen molar-refractivity contribution in [1.29, 1.82) is 0 Å². The summed E-state index contributed by atoms with van der Waals surface area (Å²) in [4.78, 5) is 2.42. The SMILES string of the molecule is C[C@@H]1[C@@H]2CN(C)C[C@H](C)[C@H]2C[C@H]1O. The minimum atomic E-state index is -0.0380. The lowest BCUT2D eigenvalue weighted by Gasteiger charge is -2.38. The fraction of sp³-hybridized carbons (Fsp3) is 1.00. The van der Waals surface area contributed by atoms with Crippen LogP contribution in [0.4, 0.5) is 0 Å². The summed E-state index contributed by atoms with van der Waals surface area (Å²) < 4.78 is 0. The molecule has 0 aromatic heterocycles. The maximum Gasteiger partial charge on any atom is 0.0571 e. The van der Waals surface area contributed by atoms with E-state index in [1.807, 2.05) is 0 Å². The van der Waals surface area contributed by atoms with Crippen LogP contribution >= 0.6 is 0 Å². The molecule has 0 unspecified atom stereocenters. The van der Waals surface area contributed by atoms with Crippen molar-refractivity contribution in [1.82, 2.24) is 4.90 Å². The van der Waals surface area contributed by atoms with E-state index < -0.39 is 0 Å². The number of rotatable bonds is 0. The van der Waals surface area contributed by atoms with Gasteiger partial charge in [0.15, 0.2) is 0 Å². The van der Waals surface area contributed by atoms with Crippen molar-refractivity contribution >= 4 is 0 Å². The van der Waals surface area contributed by atoms with E-state index in [1.165, 1.54) is 13.1 Å². The second kappa shape index (κ2) is 3.25. The van der Waals surface area contributed by atoms with Crippen molar-refractivity contribution in [3.8, 4) is 0 Å². The van der Waals surface area contributed by atoms with Crippen LogP contribution in [0.1, 0.15) is 20.3 Å². The van der Waals surface area contributed by atoms with Crippen molar-refractivity contribution in [3.05, 3.63) is 0 Å². The second-order valence-corrected chi connectivity index (χ2v) is 5.19. The first-order valence-electron chi connectivity index (χ1n) is 5.46. The molecule has 1 saturated heterocycles. The number of nitrogens with zero attached hydrogens (tertiary/aromatic N) is 1. The molecule has 13 heavy (non-hydrogen) atoms. The van der Waals surface area contributed by atoms with Crippen LogP contribution in [0.2, 0.25) is 0 Å². The monoisotopic (exact) mass is 183 g/mol. The average molecular weight is 183 g/mol. The summed E-state index contributed by atoms with van der Waals surface area (Å²) in [7, 11) is 2.20. The van der Waals surface area contributed by atoms with Crippen LogP contribution < -0.4 is 0 Å². The van der Waals surface area contributed by atoms with Gasteiger partial charge in [-0.2, -0.15) is 0 Å². The van der Waals surface area contributed by atoms with Crippen LogP contribution in [-0.2, 0) is 0 Å². The van der Waals surface area contributed by atoms with E-state index in [9.17, 15) is 5.11 Å². The highest BCUT2D eigenvalue weighted by atomic mass is 16.3. The van der Waals surface area contributed by atoms with E-state index in [4.69, 9.17) is 0 Å². The lowest BCUT2D eigenvalue weighted by Crippen LogP contribution is -2.42. The summed E-state index contributed by atoms with van der Waals surface area (Å²) in [5, 5.41) is 9.81. The molecule has 1 N–H and O–H groups in total. The van der Waals surface area contributed by atoms with E-state index in [0.717, 1.165) is 24.2 Å². The van der Waals surface area contributed by atoms with Crippen LogP contribution in [0, 0.1) is 23.7 Å². The molecule has 2 fully saturated rings. The van der Waals surface area contributed by atoms with Gasteiger partial charge in [0.2, 0.25) is 0 Å². The normalized spacial score (nSPS) is 52.2. The molecule has 2 heteroatoms. The van der Waals surface area contributed by atoms with Gasteiger partial charge in [-0.3, -0.25) is 0 Å². The van der Waals surface area contributed by atoms with E-state index in [2.05, 4.69) is 25.8 Å². The number of hydrogen-bond acceptors (Lipinski definition) is 2. The molecule has 0 spiro atoms. The van der Waals surface area contributed by atoms with Crippen molar-refractivity contribution in [2.45, 2.75) is 26.4 Å². The van der Waals surface area contributed by atoms with E-state index in [-0.39, 0.29) is 6.10 Å². The molecule has 1 heterocycles. The van der Waals surface area contributed by atoms with Gasteiger partial charge in [-0.1, -0.05) is 13.8 Å². The first kappa shape index (κ1) is 9.47. The molecule has 5 atom stereocenters. The summed E-state index contributed by atoms with van der Waals surface area (Å²) >= 11 is 0. The molecule has 2 rings (SSSR count). The van der Waals surface area contributed by atoms with Crippen molar-refractivity contribution in [2.24, 2.45) is 23.7 Å². The number of aliphatic hydroxyl groups is 1. The molecule has 1 saturated carbocycles. The van der Waals surface area contributed by atoms with Crippen LogP contribution in [0.5, 0.6) is 0 Å². The van der Waals surface area contributed by atoms with Gasteiger partial charge in [-0.25, -0.2) is 0 Å². The summed E-state index contributed by atoms with van der Waals surface area (Å²) in [5.41, 5.74) is 0. The van der Waals surface area contributed by atoms with Gasteiger partial charge in [0.05, 0.1) is 6.10 Å². The minimum Gasteiger partial charge on any atom is -0.393 e. The number of piperidine rings is 1. The third kappa shape index (κ3) is 1.50. The molecule has 76 valence electrons. The van der Waals surface area contributed by atoms with Gasteiger partial charge in [0, 0.05) is 13.1 Å². The molecule has 0 aromatic rings. The van der Waals surface area contributed by atoms with Gasteiger partial charge >= 0.3 is 0 Å². The molecule has 1 aliphatic heterocycles. The van der Waals surface area contributed by atoms with Crippen LogP contribution in [0.15, 0.2) is 0 Å².